The van der Waals surface area contributed by atoms with E-state index in [1.807, 2.05) is 30.5 Å². The Labute approximate surface area is 306 Å². The molecule has 5 aromatic rings. The molecule has 5 heterocycles. The first-order valence-electron chi connectivity index (χ1n) is 18.3. The van der Waals surface area contributed by atoms with E-state index >= 15 is 4.39 Å². The molecule has 5 N–H and O–H groups in total. The number of fused-ring (bicyclic) bond motifs is 1. The second kappa shape index (κ2) is 14.3. The molecule has 3 aliphatic rings. The van der Waals surface area contributed by atoms with Gasteiger partial charge in [0, 0.05) is 43.6 Å². The number of phenolic OH excluding ortho intramolecular Hbond substituents is 1. The number of carbonyl (C=O) groups is 2. The lowest BCUT2D eigenvalue weighted by molar-refractivity contribution is -0.127. The lowest BCUT2D eigenvalue weighted by atomic mass is 9.88. The van der Waals surface area contributed by atoms with Crippen molar-refractivity contribution >= 4 is 40.2 Å². The van der Waals surface area contributed by atoms with Gasteiger partial charge < -0.3 is 24.8 Å². The van der Waals surface area contributed by atoms with E-state index in [0.717, 1.165) is 68.6 Å². The fourth-order valence-electron chi connectivity index (χ4n) is 8.11. The molecule has 3 aliphatic heterocycles. The number of aromatic nitrogens is 3. The number of aromatic hydroxyl groups is 1. The summed E-state index contributed by atoms with van der Waals surface area (Å²) in [4.78, 5) is 29.9. The van der Waals surface area contributed by atoms with E-state index in [1.165, 1.54) is 16.5 Å². The molecule has 0 saturated carbocycles. The van der Waals surface area contributed by atoms with E-state index < -0.39 is 11.8 Å². The first-order chi connectivity index (χ1) is 25.8. The van der Waals surface area contributed by atoms with Crippen LogP contribution in [0.5, 0.6) is 5.75 Å². The molecule has 53 heavy (non-hydrogen) atoms. The van der Waals surface area contributed by atoms with Gasteiger partial charge in [0.1, 0.15) is 23.6 Å². The summed E-state index contributed by atoms with van der Waals surface area (Å²) in [6.07, 6.45) is 6.23. The van der Waals surface area contributed by atoms with Crippen LogP contribution in [0, 0.1) is 5.82 Å². The summed E-state index contributed by atoms with van der Waals surface area (Å²) >= 11 is 0. The minimum Gasteiger partial charge on any atom is -0.507 e. The largest absolute Gasteiger partial charge is 0.507 e. The zero-order valence-electron chi connectivity index (χ0n) is 29.6. The first-order valence-corrected chi connectivity index (χ1v) is 18.3. The molecule has 13 heteroatoms. The van der Waals surface area contributed by atoms with Crippen molar-refractivity contribution in [3.63, 3.8) is 0 Å². The van der Waals surface area contributed by atoms with E-state index in [2.05, 4.69) is 59.5 Å². The van der Waals surface area contributed by atoms with Crippen LogP contribution in [-0.4, -0.2) is 93.3 Å². The Hall–Kier alpha value is -5.82. The SMILES string of the molecule is CNc1cc(N2CCC(N3CCC(c4ccc(-n5ccc6nnc(-c7ccccc7O)cc65)cc4)CC3)CC2)c(F)cc1C(=[NH2+])N1CCC(=O)NC1=O. The van der Waals surface area contributed by atoms with Gasteiger partial charge in [-0.15, -0.1) is 10.2 Å². The molecule has 2 aromatic heterocycles. The highest BCUT2D eigenvalue weighted by atomic mass is 19.1. The van der Waals surface area contributed by atoms with E-state index in [1.54, 1.807) is 25.2 Å². The van der Waals surface area contributed by atoms with Crippen LogP contribution in [0.1, 0.15) is 49.1 Å². The molecule has 3 saturated heterocycles. The number of piperidine rings is 2. The van der Waals surface area contributed by atoms with Crippen LogP contribution in [0.3, 0.4) is 0 Å². The summed E-state index contributed by atoms with van der Waals surface area (Å²) in [5, 5.41) is 30.8. The number of nitrogens with one attached hydrogen (secondary N) is 2. The van der Waals surface area contributed by atoms with Crippen molar-refractivity contribution in [1.29, 1.82) is 0 Å². The number of anilines is 2. The molecule has 0 spiro atoms. The van der Waals surface area contributed by atoms with Gasteiger partial charge in [0.25, 0.3) is 5.84 Å². The number of amides is 3. The third-order valence-corrected chi connectivity index (χ3v) is 11.1. The molecule has 0 radical (unpaired) electrons. The third kappa shape index (κ3) is 6.68. The molecular weight excluding hydrogens is 673 g/mol. The Bertz CT molecular complexity index is 2190. The number of imide groups is 1. The van der Waals surface area contributed by atoms with Gasteiger partial charge in [-0.3, -0.25) is 15.5 Å². The van der Waals surface area contributed by atoms with Crippen LogP contribution in [0.15, 0.2) is 79.0 Å². The van der Waals surface area contributed by atoms with Gasteiger partial charge in [0.15, 0.2) is 0 Å². The predicted molar refractivity (Wildman–Crippen MR) is 202 cm³/mol. The van der Waals surface area contributed by atoms with Gasteiger partial charge in [-0.05, 0) is 98.8 Å². The topological polar surface area (TPSA) is 144 Å². The van der Waals surface area contributed by atoms with Crippen LogP contribution in [-0.2, 0) is 4.79 Å². The molecular formula is C40H43FN9O3+. The number of nitrogens with two attached hydrogens (primary N) is 1. The zero-order chi connectivity index (χ0) is 36.6. The van der Waals surface area contributed by atoms with Crippen LogP contribution < -0.4 is 20.9 Å². The Morgan fingerprint density at radius 3 is 2.40 bits per heavy atom. The normalized spacial score (nSPS) is 17.7. The number of halogens is 1. The third-order valence-electron chi connectivity index (χ3n) is 11.1. The van der Waals surface area contributed by atoms with Gasteiger partial charge >= 0.3 is 6.03 Å². The fraction of sp³-hybridized carbons (Fsp3) is 0.325. The van der Waals surface area contributed by atoms with Crippen LogP contribution >= 0.6 is 0 Å². The first kappa shape index (κ1) is 34.3. The van der Waals surface area contributed by atoms with Gasteiger partial charge in [0.05, 0.1) is 34.6 Å². The number of phenols is 1. The number of benzene rings is 3. The van der Waals surface area contributed by atoms with E-state index in [0.29, 0.717) is 40.2 Å². The number of likely N-dealkylation sites (tertiary alicyclic amines) is 1. The zero-order valence-corrected chi connectivity index (χ0v) is 29.6. The molecule has 0 atom stereocenters. The number of para-hydroxylation sites is 1. The van der Waals surface area contributed by atoms with Crippen molar-refractivity contribution in [1.82, 2.24) is 29.9 Å². The second-order valence-electron chi connectivity index (χ2n) is 14.1. The Morgan fingerprint density at radius 2 is 1.68 bits per heavy atom. The molecule has 3 fully saturated rings. The highest BCUT2D eigenvalue weighted by Crippen LogP contribution is 2.35. The van der Waals surface area contributed by atoms with Crippen molar-refractivity contribution in [3.05, 3.63) is 95.9 Å². The fourth-order valence-corrected chi connectivity index (χ4v) is 8.11. The van der Waals surface area contributed by atoms with Crippen LogP contribution in [0.2, 0.25) is 0 Å². The minimum atomic E-state index is -0.603. The summed E-state index contributed by atoms with van der Waals surface area (Å²) in [5.74, 6) is 0.0300. The Balaban J connectivity index is 0.874. The average molecular weight is 717 g/mol. The maximum Gasteiger partial charge on any atom is 0.415 e. The number of urea groups is 1. The van der Waals surface area contributed by atoms with Gasteiger partial charge in [-0.25, -0.2) is 9.18 Å². The predicted octanol–water partition coefficient (Wildman–Crippen LogP) is 4.27. The summed E-state index contributed by atoms with van der Waals surface area (Å²) in [6, 6.07) is 22.9. The van der Waals surface area contributed by atoms with Crippen molar-refractivity contribution in [2.24, 2.45) is 0 Å². The standard InChI is InChI=1S/C40H42FN9O3/c1-43-33-23-35(31(41)22-30(33)39(42)50-21-15-38(52)44-40(50)53)48-18-12-27(13-19-48)47-16-10-26(11-17-47)25-6-8-28(9-7-25)49-20-14-32-36(49)24-34(46-45-32)29-4-2-3-5-37(29)51/h2-9,14,20,22-24,26-27,42-43,51H,10-13,15-19,21H2,1H3,(H,44,52,53)/p+1. The van der Waals surface area contributed by atoms with Crippen molar-refractivity contribution in [2.75, 3.05) is 50.0 Å². The average Bonchev–Trinajstić information content (AvgIpc) is 3.61. The Kier molecular flexibility index (Phi) is 9.25. The highest BCUT2D eigenvalue weighted by molar-refractivity contribution is 6.11. The number of rotatable bonds is 7. The molecule has 8 rings (SSSR count). The molecule has 0 bridgehead atoms. The van der Waals surface area contributed by atoms with E-state index in [9.17, 15) is 14.7 Å². The summed E-state index contributed by atoms with van der Waals surface area (Å²) in [7, 11) is 1.74. The molecule has 0 aliphatic carbocycles. The smallest absolute Gasteiger partial charge is 0.415 e. The summed E-state index contributed by atoms with van der Waals surface area (Å²) in [5.41, 5.74) is 6.92. The monoisotopic (exact) mass is 716 g/mol. The summed E-state index contributed by atoms with van der Waals surface area (Å²) in [6.45, 7) is 3.70. The van der Waals surface area contributed by atoms with Crippen molar-refractivity contribution < 1.29 is 24.5 Å². The number of nitrogens with zero attached hydrogens (tertiary/aromatic N) is 6. The van der Waals surface area contributed by atoms with Gasteiger partial charge in [-0.1, -0.05) is 24.3 Å². The van der Waals surface area contributed by atoms with E-state index in [4.69, 9.17) is 5.41 Å². The van der Waals surface area contributed by atoms with Gasteiger partial charge in [-0.2, -0.15) is 4.90 Å². The Morgan fingerprint density at radius 1 is 0.925 bits per heavy atom. The number of hydrogen-bond donors (Lipinski definition) is 4. The van der Waals surface area contributed by atoms with Gasteiger partial charge in [0.2, 0.25) is 5.91 Å². The molecule has 3 aromatic carbocycles. The van der Waals surface area contributed by atoms with Crippen LogP contribution in [0.4, 0.5) is 20.6 Å². The number of carbonyl (C=O) groups excluding carboxylic acids is 2. The van der Waals surface area contributed by atoms with Crippen molar-refractivity contribution in [3.8, 4) is 22.7 Å². The molecule has 12 nitrogen and oxygen atoms in total. The summed E-state index contributed by atoms with van der Waals surface area (Å²) < 4.78 is 17.7. The molecule has 3 amide bonds. The molecule has 272 valence electrons. The maximum absolute atomic E-state index is 15.6. The molecule has 0 unspecified atom stereocenters. The van der Waals surface area contributed by atoms with E-state index in [-0.39, 0.29) is 30.5 Å². The highest BCUT2D eigenvalue weighted by Gasteiger charge is 2.36. The quantitative estimate of drug-likeness (QED) is 0.145. The van der Waals surface area contributed by atoms with Crippen LogP contribution in [0.25, 0.3) is 28.0 Å². The van der Waals surface area contributed by atoms with Crippen molar-refractivity contribution in [2.45, 2.75) is 44.1 Å². The number of amidine groups is 1. The maximum atomic E-state index is 15.6. The number of hydrogen-bond acceptors (Lipinski definition) is 8. The second-order valence-corrected chi connectivity index (χ2v) is 14.1. The lowest BCUT2D eigenvalue weighted by Gasteiger charge is -2.42. The minimum absolute atomic E-state index is 0.105. The lowest BCUT2D eigenvalue weighted by Crippen LogP contribution is -2.60.